The van der Waals surface area contributed by atoms with Crippen molar-refractivity contribution in [3.05, 3.63) is 0 Å². The van der Waals surface area contributed by atoms with E-state index >= 15 is 0 Å². The predicted octanol–water partition coefficient (Wildman–Crippen LogP) is 3.43. The molecule has 2 aliphatic heterocycles. The summed E-state index contributed by atoms with van der Waals surface area (Å²) in [6.07, 6.45) is 3.89. The molecule has 0 aromatic heterocycles. The second-order valence-electron chi connectivity index (χ2n) is 8.85. The lowest BCUT2D eigenvalue weighted by Gasteiger charge is -2.28. The van der Waals surface area contributed by atoms with Gasteiger partial charge in [-0.25, -0.2) is 0 Å². The largest absolute Gasteiger partial charge is 0.379 e. The Morgan fingerprint density at radius 1 is 0.955 bits per heavy atom. The summed E-state index contributed by atoms with van der Waals surface area (Å²) in [5.74, 6) is 0. The van der Waals surface area contributed by atoms with E-state index in [0.29, 0.717) is 6.10 Å². The van der Waals surface area contributed by atoms with Crippen molar-refractivity contribution in [1.82, 2.24) is 0 Å². The molecule has 0 radical (unpaired) electrons. The number of hydrogen-bond acceptors (Lipinski definition) is 4. The molecule has 2 heterocycles. The summed E-state index contributed by atoms with van der Waals surface area (Å²) in [7, 11) is 0. The quantitative estimate of drug-likeness (QED) is 0.721. The third-order valence-corrected chi connectivity index (χ3v) is 4.17. The van der Waals surface area contributed by atoms with Crippen molar-refractivity contribution in [2.45, 2.75) is 72.2 Å². The van der Waals surface area contributed by atoms with Crippen molar-refractivity contribution >= 4 is 0 Å². The molecule has 22 heavy (non-hydrogen) atoms. The Balaban J connectivity index is 1.66. The average Bonchev–Trinajstić information content (AvgIpc) is 3.04. The van der Waals surface area contributed by atoms with Crippen LogP contribution in [0, 0.1) is 10.8 Å². The van der Waals surface area contributed by atoms with Crippen LogP contribution in [0.5, 0.6) is 0 Å². The summed E-state index contributed by atoms with van der Waals surface area (Å²) in [5, 5.41) is 0. The van der Waals surface area contributed by atoms with Crippen LogP contribution in [-0.2, 0) is 18.9 Å². The van der Waals surface area contributed by atoms with Crippen molar-refractivity contribution in [3.63, 3.8) is 0 Å². The zero-order valence-electron chi connectivity index (χ0n) is 15.0. The molecule has 130 valence electrons. The Labute approximate surface area is 135 Å². The standard InChI is InChI=1S/C18H34O4/c1-17(2,3)12-21-16-8-15(20-11-16)9-18(4,5)13-22-14-6-7-19-10-14/h14-16H,6-13H2,1-5H3/t14-,15?,16+/m1/s1. The highest BCUT2D eigenvalue weighted by atomic mass is 16.6. The summed E-state index contributed by atoms with van der Waals surface area (Å²) < 4.78 is 23.3. The second-order valence-corrected chi connectivity index (χ2v) is 8.85. The van der Waals surface area contributed by atoms with E-state index in [1.54, 1.807) is 0 Å². The Kier molecular flexibility index (Phi) is 6.29. The van der Waals surface area contributed by atoms with Crippen LogP contribution in [0.2, 0.25) is 0 Å². The molecule has 0 spiro atoms. The molecule has 0 amide bonds. The van der Waals surface area contributed by atoms with Gasteiger partial charge in [-0.05, 0) is 23.7 Å². The van der Waals surface area contributed by atoms with Crippen molar-refractivity contribution in [2.24, 2.45) is 10.8 Å². The molecule has 4 heteroatoms. The van der Waals surface area contributed by atoms with Gasteiger partial charge in [-0.1, -0.05) is 34.6 Å². The van der Waals surface area contributed by atoms with E-state index in [-0.39, 0.29) is 23.0 Å². The Hall–Kier alpha value is -0.160. The third kappa shape index (κ3) is 6.53. The topological polar surface area (TPSA) is 36.9 Å². The minimum absolute atomic E-state index is 0.131. The monoisotopic (exact) mass is 314 g/mol. The molecule has 3 atom stereocenters. The van der Waals surface area contributed by atoms with Gasteiger partial charge in [0.1, 0.15) is 0 Å². The van der Waals surface area contributed by atoms with Crippen LogP contribution in [0.15, 0.2) is 0 Å². The van der Waals surface area contributed by atoms with Gasteiger partial charge >= 0.3 is 0 Å². The predicted molar refractivity (Wildman–Crippen MR) is 87.1 cm³/mol. The molecule has 0 N–H and O–H groups in total. The summed E-state index contributed by atoms with van der Waals surface area (Å²) in [6, 6.07) is 0. The molecule has 1 unspecified atom stereocenters. The van der Waals surface area contributed by atoms with E-state index in [1.165, 1.54) is 0 Å². The van der Waals surface area contributed by atoms with Crippen LogP contribution >= 0.6 is 0 Å². The SMILES string of the molecule is CC(C)(C)CO[C@@H]1COC(CC(C)(C)CO[C@@H]2CCOC2)C1. The molecule has 0 aliphatic carbocycles. The second kappa shape index (κ2) is 7.61. The highest BCUT2D eigenvalue weighted by molar-refractivity contribution is 4.81. The highest BCUT2D eigenvalue weighted by Gasteiger charge is 2.33. The molecule has 0 saturated carbocycles. The first kappa shape index (κ1) is 18.2. The molecule has 0 bridgehead atoms. The molecule has 2 fully saturated rings. The molecule has 2 rings (SSSR count). The van der Waals surface area contributed by atoms with Crippen LogP contribution in [0.4, 0.5) is 0 Å². The number of hydrogen-bond donors (Lipinski definition) is 0. The van der Waals surface area contributed by atoms with Gasteiger partial charge in [0.15, 0.2) is 0 Å². The van der Waals surface area contributed by atoms with E-state index in [0.717, 1.165) is 52.3 Å². The lowest BCUT2D eigenvalue weighted by atomic mass is 9.86. The zero-order chi connectivity index (χ0) is 16.2. The third-order valence-electron chi connectivity index (χ3n) is 4.17. The molecular formula is C18H34O4. The van der Waals surface area contributed by atoms with Gasteiger partial charge in [-0.2, -0.15) is 0 Å². The summed E-state index contributed by atoms with van der Waals surface area (Å²) in [4.78, 5) is 0. The van der Waals surface area contributed by atoms with E-state index in [9.17, 15) is 0 Å². The van der Waals surface area contributed by atoms with E-state index in [4.69, 9.17) is 18.9 Å². The maximum atomic E-state index is 5.99. The first-order chi connectivity index (χ1) is 10.2. The minimum atomic E-state index is 0.131. The summed E-state index contributed by atoms with van der Waals surface area (Å²) in [6.45, 7) is 15.0. The molecule has 4 nitrogen and oxygen atoms in total. The molecule has 2 saturated heterocycles. The Morgan fingerprint density at radius 3 is 2.32 bits per heavy atom. The lowest BCUT2D eigenvalue weighted by molar-refractivity contribution is -0.0239. The normalized spacial score (nSPS) is 30.1. The van der Waals surface area contributed by atoms with Crippen molar-refractivity contribution in [3.8, 4) is 0 Å². The van der Waals surface area contributed by atoms with Gasteiger partial charge in [0.25, 0.3) is 0 Å². The van der Waals surface area contributed by atoms with Crippen LogP contribution < -0.4 is 0 Å². The van der Waals surface area contributed by atoms with Crippen molar-refractivity contribution < 1.29 is 18.9 Å². The highest BCUT2D eigenvalue weighted by Crippen LogP contribution is 2.31. The van der Waals surface area contributed by atoms with Crippen LogP contribution in [0.25, 0.3) is 0 Å². The zero-order valence-corrected chi connectivity index (χ0v) is 15.0. The van der Waals surface area contributed by atoms with Gasteiger partial charge in [-0.15, -0.1) is 0 Å². The average molecular weight is 314 g/mol. The Bertz CT molecular complexity index is 328. The van der Waals surface area contributed by atoms with Crippen molar-refractivity contribution in [2.75, 3.05) is 33.0 Å². The molecular weight excluding hydrogens is 280 g/mol. The fourth-order valence-electron chi connectivity index (χ4n) is 2.96. The number of rotatable bonds is 7. The van der Waals surface area contributed by atoms with Gasteiger partial charge in [0.05, 0.1) is 44.7 Å². The molecule has 0 aromatic carbocycles. The Morgan fingerprint density at radius 2 is 1.68 bits per heavy atom. The summed E-state index contributed by atoms with van der Waals surface area (Å²) >= 11 is 0. The lowest BCUT2D eigenvalue weighted by Crippen LogP contribution is -2.28. The maximum Gasteiger partial charge on any atom is 0.0833 e. The van der Waals surface area contributed by atoms with Crippen LogP contribution in [0.3, 0.4) is 0 Å². The smallest absolute Gasteiger partial charge is 0.0833 e. The number of ether oxygens (including phenoxy) is 4. The van der Waals surface area contributed by atoms with Crippen LogP contribution in [-0.4, -0.2) is 51.3 Å². The van der Waals surface area contributed by atoms with Crippen LogP contribution in [0.1, 0.15) is 53.9 Å². The minimum Gasteiger partial charge on any atom is -0.379 e. The fraction of sp³-hybridized carbons (Fsp3) is 1.00. The molecule has 2 aliphatic rings. The van der Waals surface area contributed by atoms with Gasteiger partial charge < -0.3 is 18.9 Å². The fourth-order valence-corrected chi connectivity index (χ4v) is 2.96. The van der Waals surface area contributed by atoms with E-state index in [2.05, 4.69) is 34.6 Å². The first-order valence-corrected chi connectivity index (χ1v) is 8.66. The maximum absolute atomic E-state index is 5.99. The van der Waals surface area contributed by atoms with Crippen molar-refractivity contribution in [1.29, 1.82) is 0 Å². The summed E-state index contributed by atoms with van der Waals surface area (Å²) in [5.41, 5.74) is 0.348. The van der Waals surface area contributed by atoms with E-state index < -0.39 is 0 Å². The molecule has 0 aromatic rings. The first-order valence-electron chi connectivity index (χ1n) is 8.66. The van der Waals surface area contributed by atoms with E-state index in [1.807, 2.05) is 0 Å². The van der Waals surface area contributed by atoms with Gasteiger partial charge in [0, 0.05) is 13.0 Å². The van der Waals surface area contributed by atoms with Gasteiger partial charge in [0.2, 0.25) is 0 Å². The van der Waals surface area contributed by atoms with Gasteiger partial charge in [-0.3, -0.25) is 0 Å².